The minimum atomic E-state index is -0.476. The van der Waals surface area contributed by atoms with Gasteiger partial charge in [0.05, 0.1) is 6.61 Å². The lowest BCUT2D eigenvalue weighted by atomic mass is 10.2. The molecule has 1 atom stereocenters. The number of hydrogen-bond donors (Lipinski definition) is 2. The number of hydrogen-bond acceptors (Lipinski definition) is 4. The lowest BCUT2D eigenvalue weighted by Gasteiger charge is -2.21. The number of ether oxygens (including phenoxy) is 2. The minimum absolute atomic E-state index is 0.0930. The molecule has 0 heterocycles. The molecule has 0 aliphatic heterocycles. The van der Waals surface area contributed by atoms with Crippen LogP contribution in [0, 0.1) is 0 Å². The number of carbonyl (C=O) groups excluding carboxylic acids is 1. The molecular formula is C16H26N2O3. The number of carbonyl (C=O) groups is 1. The summed E-state index contributed by atoms with van der Waals surface area (Å²) < 4.78 is 10.6. The number of amides is 1. The Kier molecular flexibility index (Phi) is 6.34. The van der Waals surface area contributed by atoms with Gasteiger partial charge in [-0.3, -0.25) is 0 Å². The molecule has 1 aromatic carbocycles. The highest BCUT2D eigenvalue weighted by Gasteiger charge is 2.16. The monoisotopic (exact) mass is 294 g/mol. The van der Waals surface area contributed by atoms with Crippen LogP contribution in [0.4, 0.5) is 10.5 Å². The van der Waals surface area contributed by atoms with Crippen LogP contribution in [-0.4, -0.2) is 30.9 Å². The third-order valence-electron chi connectivity index (χ3n) is 2.53. The summed E-state index contributed by atoms with van der Waals surface area (Å²) in [5.41, 5.74) is 0.507. The first-order valence-electron chi connectivity index (χ1n) is 7.26. The molecular weight excluding hydrogens is 268 g/mol. The Morgan fingerprint density at radius 1 is 1.24 bits per heavy atom. The standard InChI is InChI=1S/C16H26N2O3/c1-6-20-14-9-7-13(8-10-14)18-12(2)11-17-15(19)21-16(3,4)5/h7-10,12,18H,6,11H2,1-5H3,(H,17,19). The summed E-state index contributed by atoms with van der Waals surface area (Å²) >= 11 is 0. The van der Waals surface area contributed by atoms with Gasteiger partial charge in [0.1, 0.15) is 11.4 Å². The minimum Gasteiger partial charge on any atom is -0.494 e. The normalized spacial score (nSPS) is 12.4. The molecule has 118 valence electrons. The molecule has 0 radical (unpaired) electrons. The number of alkyl carbamates (subject to hydrolysis) is 1. The average Bonchev–Trinajstić information content (AvgIpc) is 2.37. The van der Waals surface area contributed by atoms with Gasteiger partial charge in [0, 0.05) is 18.3 Å². The largest absolute Gasteiger partial charge is 0.494 e. The van der Waals surface area contributed by atoms with E-state index in [4.69, 9.17) is 9.47 Å². The SMILES string of the molecule is CCOc1ccc(NC(C)CNC(=O)OC(C)(C)C)cc1. The zero-order chi connectivity index (χ0) is 15.9. The summed E-state index contributed by atoms with van der Waals surface area (Å²) in [6.07, 6.45) is -0.400. The van der Waals surface area contributed by atoms with Gasteiger partial charge in [-0.2, -0.15) is 0 Å². The van der Waals surface area contributed by atoms with Crippen molar-refractivity contribution in [2.75, 3.05) is 18.5 Å². The number of benzene rings is 1. The van der Waals surface area contributed by atoms with E-state index < -0.39 is 11.7 Å². The van der Waals surface area contributed by atoms with Gasteiger partial charge in [0.2, 0.25) is 0 Å². The van der Waals surface area contributed by atoms with Crippen LogP contribution in [-0.2, 0) is 4.74 Å². The maximum Gasteiger partial charge on any atom is 0.407 e. The Balaban J connectivity index is 2.36. The van der Waals surface area contributed by atoms with Crippen molar-refractivity contribution in [2.24, 2.45) is 0 Å². The molecule has 1 unspecified atom stereocenters. The van der Waals surface area contributed by atoms with Crippen LogP contribution in [0.15, 0.2) is 24.3 Å². The zero-order valence-electron chi connectivity index (χ0n) is 13.5. The summed E-state index contributed by atoms with van der Waals surface area (Å²) in [6, 6.07) is 7.83. The maximum atomic E-state index is 11.6. The first-order valence-corrected chi connectivity index (χ1v) is 7.26. The van der Waals surface area contributed by atoms with Crippen molar-refractivity contribution in [1.82, 2.24) is 5.32 Å². The van der Waals surface area contributed by atoms with E-state index in [2.05, 4.69) is 10.6 Å². The molecule has 5 nitrogen and oxygen atoms in total. The van der Waals surface area contributed by atoms with E-state index in [0.29, 0.717) is 13.2 Å². The molecule has 0 fully saturated rings. The quantitative estimate of drug-likeness (QED) is 0.844. The summed E-state index contributed by atoms with van der Waals surface area (Å²) in [7, 11) is 0. The van der Waals surface area contributed by atoms with E-state index in [0.717, 1.165) is 11.4 Å². The fraction of sp³-hybridized carbons (Fsp3) is 0.562. The van der Waals surface area contributed by atoms with Crippen LogP contribution < -0.4 is 15.4 Å². The third kappa shape index (κ3) is 7.44. The molecule has 0 aromatic heterocycles. The van der Waals surface area contributed by atoms with Crippen LogP contribution in [0.5, 0.6) is 5.75 Å². The van der Waals surface area contributed by atoms with Gasteiger partial charge in [-0.25, -0.2) is 4.79 Å². The predicted molar refractivity (Wildman–Crippen MR) is 84.9 cm³/mol. The Morgan fingerprint density at radius 3 is 2.38 bits per heavy atom. The highest BCUT2D eigenvalue weighted by Crippen LogP contribution is 2.16. The first kappa shape index (κ1) is 17.1. The number of nitrogens with one attached hydrogen (secondary N) is 2. The molecule has 1 amide bonds. The Hall–Kier alpha value is -1.91. The Labute approximate surface area is 127 Å². The Bertz CT molecular complexity index is 438. The summed E-state index contributed by atoms with van der Waals surface area (Å²) in [5.74, 6) is 0.850. The van der Waals surface area contributed by atoms with Gasteiger partial charge in [0.15, 0.2) is 0 Å². The van der Waals surface area contributed by atoms with E-state index in [1.54, 1.807) is 0 Å². The molecule has 1 aromatic rings. The second-order valence-corrected chi connectivity index (χ2v) is 5.89. The van der Waals surface area contributed by atoms with Crippen molar-refractivity contribution in [1.29, 1.82) is 0 Å². The van der Waals surface area contributed by atoms with Crippen molar-refractivity contribution in [3.05, 3.63) is 24.3 Å². The molecule has 0 saturated carbocycles. The van der Waals surface area contributed by atoms with Gasteiger partial charge >= 0.3 is 6.09 Å². The maximum absolute atomic E-state index is 11.6. The van der Waals surface area contributed by atoms with Gasteiger partial charge < -0.3 is 20.1 Å². The fourth-order valence-electron chi connectivity index (χ4n) is 1.70. The van der Waals surface area contributed by atoms with E-state index in [1.807, 2.05) is 58.9 Å². The van der Waals surface area contributed by atoms with Crippen LogP contribution in [0.1, 0.15) is 34.6 Å². The molecule has 2 N–H and O–H groups in total. The summed E-state index contributed by atoms with van der Waals surface area (Å²) in [4.78, 5) is 11.6. The van der Waals surface area contributed by atoms with E-state index >= 15 is 0 Å². The topological polar surface area (TPSA) is 59.6 Å². The second-order valence-electron chi connectivity index (χ2n) is 5.89. The van der Waals surface area contributed by atoms with Gasteiger partial charge in [0.25, 0.3) is 0 Å². The van der Waals surface area contributed by atoms with Crippen LogP contribution in [0.2, 0.25) is 0 Å². The second kappa shape index (κ2) is 7.76. The first-order chi connectivity index (χ1) is 9.80. The highest BCUT2D eigenvalue weighted by molar-refractivity contribution is 5.67. The molecule has 0 saturated heterocycles. The van der Waals surface area contributed by atoms with Crippen LogP contribution >= 0.6 is 0 Å². The molecule has 0 bridgehead atoms. The van der Waals surface area contributed by atoms with Gasteiger partial charge in [-0.05, 0) is 58.9 Å². The van der Waals surface area contributed by atoms with Crippen molar-refractivity contribution in [3.8, 4) is 5.75 Å². The molecule has 0 spiro atoms. The van der Waals surface area contributed by atoms with Crippen LogP contribution in [0.25, 0.3) is 0 Å². The van der Waals surface area contributed by atoms with Crippen molar-refractivity contribution in [3.63, 3.8) is 0 Å². The lowest BCUT2D eigenvalue weighted by Crippen LogP contribution is -2.38. The van der Waals surface area contributed by atoms with Gasteiger partial charge in [-0.1, -0.05) is 0 Å². The molecule has 0 aliphatic rings. The molecule has 5 heteroatoms. The summed E-state index contributed by atoms with van der Waals surface area (Å²) in [5, 5.41) is 6.05. The lowest BCUT2D eigenvalue weighted by molar-refractivity contribution is 0.0526. The van der Waals surface area contributed by atoms with E-state index in [-0.39, 0.29) is 6.04 Å². The van der Waals surface area contributed by atoms with Gasteiger partial charge in [-0.15, -0.1) is 0 Å². The van der Waals surface area contributed by atoms with E-state index in [9.17, 15) is 4.79 Å². The smallest absolute Gasteiger partial charge is 0.407 e. The highest BCUT2D eigenvalue weighted by atomic mass is 16.6. The van der Waals surface area contributed by atoms with Crippen LogP contribution in [0.3, 0.4) is 0 Å². The third-order valence-corrected chi connectivity index (χ3v) is 2.53. The average molecular weight is 294 g/mol. The van der Waals surface area contributed by atoms with E-state index in [1.165, 1.54) is 0 Å². The predicted octanol–water partition coefficient (Wildman–Crippen LogP) is 3.41. The number of anilines is 1. The fourth-order valence-corrected chi connectivity index (χ4v) is 1.70. The van der Waals surface area contributed by atoms with Crippen molar-refractivity contribution >= 4 is 11.8 Å². The Morgan fingerprint density at radius 2 is 1.86 bits per heavy atom. The summed E-state index contributed by atoms with van der Waals surface area (Å²) in [6.45, 7) is 10.6. The zero-order valence-corrected chi connectivity index (χ0v) is 13.5. The molecule has 1 rings (SSSR count). The number of rotatable bonds is 6. The molecule has 0 aliphatic carbocycles. The van der Waals surface area contributed by atoms with Crippen molar-refractivity contribution < 1.29 is 14.3 Å². The molecule has 21 heavy (non-hydrogen) atoms. The van der Waals surface area contributed by atoms with Crippen molar-refractivity contribution in [2.45, 2.75) is 46.3 Å².